The number of likely N-dealkylation sites (N-methyl/N-ethyl adjacent to an activating group) is 1. The Morgan fingerprint density at radius 2 is 1.90 bits per heavy atom. The Morgan fingerprint density at radius 3 is 2.50 bits per heavy atom. The lowest BCUT2D eigenvalue weighted by Gasteiger charge is -2.11. The first-order valence-electron chi connectivity index (χ1n) is 7.00. The van der Waals surface area contributed by atoms with E-state index in [1.165, 1.54) is 0 Å². The van der Waals surface area contributed by atoms with Gasteiger partial charge in [0.1, 0.15) is 5.75 Å². The summed E-state index contributed by atoms with van der Waals surface area (Å²) in [6, 6.07) is 7.75. The monoisotopic (exact) mass is 279 g/mol. The third kappa shape index (κ3) is 6.99. The summed E-state index contributed by atoms with van der Waals surface area (Å²) >= 11 is 0. The van der Waals surface area contributed by atoms with E-state index in [2.05, 4.69) is 10.6 Å². The van der Waals surface area contributed by atoms with E-state index in [1.807, 2.05) is 50.2 Å². The van der Waals surface area contributed by atoms with Crippen LogP contribution in [0.25, 0.3) is 0 Å². The van der Waals surface area contributed by atoms with Gasteiger partial charge in [-0.1, -0.05) is 0 Å². The highest BCUT2D eigenvalue weighted by atomic mass is 16.5. The molecule has 1 aromatic carbocycles. The summed E-state index contributed by atoms with van der Waals surface area (Å²) in [5.74, 6) is 0.935. The Balaban J connectivity index is 2.18. The molecule has 1 amide bonds. The van der Waals surface area contributed by atoms with Gasteiger partial charge in [-0.2, -0.15) is 0 Å². The second-order valence-electron chi connectivity index (χ2n) is 4.79. The lowest BCUT2D eigenvalue weighted by atomic mass is 10.3. The molecule has 0 unspecified atom stereocenters. The molecule has 0 saturated heterocycles. The van der Waals surface area contributed by atoms with Crippen molar-refractivity contribution in [1.29, 1.82) is 0 Å². The summed E-state index contributed by atoms with van der Waals surface area (Å²) in [6.45, 7) is 4.80. The van der Waals surface area contributed by atoms with Crippen LogP contribution in [-0.2, 0) is 4.79 Å². The fourth-order valence-electron chi connectivity index (χ4n) is 1.66. The van der Waals surface area contributed by atoms with Crippen molar-refractivity contribution in [3.05, 3.63) is 24.3 Å². The fraction of sp³-hybridized carbons (Fsp3) is 0.533. The van der Waals surface area contributed by atoms with E-state index in [1.54, 1.807) is 0 Å². The normalized spacial score (nSPS) is 10.4. The van der Waals surface area contributed by atoms with Gasteiger partial charge in [0.2, 0.25) is 5.91 Å². The Kier molecular flexibility index (Phi) is 7.50. The van der Waals surface area contributed by atoms with Crippen molar-refractivity contribution in [3.8, 4) is 5.75 Å². The third-order valence-electron chi connectivity index (χ3n) is 2.73. The van der Waals surface area contributed by atoms with Crippen LogP contribution in [0.1, 0.15) is 13.3 Å². The summed E-state index contributed by atoms with van der Waals surface area (Å²) in [5, 5.41) is 6.10. The van der Waals surface area contributed by atoms with Crippen molar-refractivity contribution in [3.63, 3.8) is 0 Å². The molecule has 0 bridgehead atoms. The van der Waals surface area contributed by atoms with Crippen LogP contribution in [0.3, 0.4) is 0 Å². The molecule has 0 aliphatic carbocycles. The zero-order valence-corrected chi connectivity index (χ0v) is 12.6. The molecule has 5 nitrogen and oxygen atoms in total. The number of nitrogens with one attached hydrogen (secondary N) is 2. The predicted octanol–water partition coefficient (Wildman–Crippen LogP) is 1.57. The second kappa shape index (κ2) is 9.20. The van der Waals surface area contributed by atoms with Crippen molar-refractivity contribution < 1.29 is 9.53 Å². The van der Waals surface area contributed by atoms with Crippen molar-refractivity contribution in [1.82, 2.24) is 10.2 Å². The van der Waals surface area contributed by atoms with Gasteiger partial charge in [0.25, 0.3) is 0 Å². The summed E-state index contributed by atoms with van der Waals surface area (Å²) in [4.78, 5) is 13.6. The molecule has 2 N–H and O–H groups in total. The number of hydrogen-bond donors (Lipinski definition) is 2. The number of carbonyl (C=O) groups is 1. The van der Waals surface area contributed by atoms with Crippen molar-refractivity contribution in [2.45, 2.75) is 13.3 Å². The molecule has 0 aliphatic rings. The molecule has 0 heterocycles. The van der Waals surface area contributed by atoms with Gasteiger partial charge in [-0.05, 0) is 45.3 Å². The van der Waals surface area contributed by atoms with Gasteiger partial charge in [-0.25, -0.2) is 0 Å². The highest BCUT2D eigenvalue weighted by molar-refractivity contribution is 5.76. The molecule has 0 saturated carbocycles. The molecule has 0 spiro atoms. The number of ether oxygens (including phenoxy) is 1. The zero-order chi connectivity index (χ0) is 14.8. The van der Waals surface area contributed by atoms with E-state index in [4.69, 9.17) is 4.74 Å². The van der Waals surface area contributed by atoms with E-state index < -0.39 is 0 Å². The van der Waals surface area contributed by atoms with Gasteiger partial charge in [0.15, 0.2) is 0 Å². The number of benzene rings is 1. The highest BCUT2D eigenvalue weighted by Crippen LogP contribution is 2.15. The lowest BCUT2D eigenvalue weighted by Crippen LogP contribution is -2.32. The zero-order valence-electron chi connectivity index (χ0n) is 12.6. The van der Waals surface area contributed by atoms with Crippen molar-refractivity contribution in [2.75, 3.05) is 45.7 Å². The average molecular weight is 279 g/mol. The van der Waals surface area contributed by atoms with E-state index >= 15 is 0 Å². The van der Waals surface area contributed by atoms with Crippen LogP contribution in [0.15, 0.2) is 24.3 Å². The number of nitrogens with zero attached hydrogens (tertiary/aromatic N) is 1. The fourth-order valence-corrected chi connectivity index (χ4v) is 1.66. The van der Waals surface area contributed by atoms with Crippen LogP contribution in [-0.4, -0.2) is 51.1 Å². The Morgan fingerprint density at radius 1 is 1.20 bits per heavy atom. The Labute approximate surface area is 121 Å². The molecule has 5 heteroatoms. The SMILES string of the molecule is CCOc1ccc(NCCC(=O)NCCN(C)C)cc1. The number of carbonyl (C=O) groups excluding carboxylic acids is 1. The largest absolute Gasteiger partial charge is 0.494 e. The first-order valence-corrected chi connectivity index (χ1v) is 7.00. The first-order chi connectivity index (χ1) is 9.61. The van der Waals surface area contributed by atoms with E-state index in [0.29, 0.717) is 26.1 Å². The molecule has 0 radical (unpaired) electrons. The maximum Gasteiger partial charge on any atom is 0.221 e. The van der Waals surface area contributed by atoms with Gasteiger partial charge in [-0.3, -0.25) is 4.79 Å². The predicted molar refractivity (Wildman–Crippen MR) is 82.3 cm³/mol. The minimum Gasteiger partial charge on any atom is -0.494 e. The number of anilines is 1. The molecule has 112 valence electrons. The van der Waals surface area contributed by atoms with Crippen LogP contribution in [0, 0.1) is 0 Å². The molecular formula is C15H25N3O2. The van der Waals surface area contributed by atoms with Gasteiger partial charge >= 0.3 is 0 Å². The van der Waals surface area contributed by atoms with Crippen LogP contribution < -0.4 is 15.4 Å². The molecule has 0 atom stereocenters. The second-order valence-corrected chi connectivity index (χ2v) is 4.79. The van der Waals surface area contributed by atoms with Crippen molar-refractivity contribution >= 4 is 11.6 Å². The average Bonchev–Trinajstić information content (AvgIpc) is 2.40. The van der Waals surface area contributed by atoms with E-state index in [9.17, 15) is 4.79 Å². The molecular weight excluding hydrogens is 254 g/mol. The summed E-state index contributed by atoms with van der Waals surface area (Å²) in [6.07, 6.45) is 0.473. The minimum absolute atomic E-state index is 0.0743. The summed E-state index contributed by atoms with van der Waals surface area (Å²) < 4.78 is 5.37. The van der Waals surface area contributed by atoms with Crippen LogP contribution in [0.4, 0.5) is 5.69 Å². The Hall–Kier alpha value is -1.75. The maximum atomic E-state index is 11.6. The smallest absolute Gasteiger partial charge is 0.221 e. The lowest BCUT2D eigenvalue weighted by molar-refractivity contribution is -0.120. The van der Waals surface area contributed by atoms with Crippen molar-refractivity contribution in [2.24, 2.45) is 0 Å². The quantitative estimate of drug-likeness (QED) is 0.720. The van der Waals surface area contributed by atoms with E-state index in [0.717, 1.165) is 18.0 Å². The maximum absolute atomic E-state index is 11.6. The molecule has 0 fully saturated rings. The number of amides is 1. The van der Waals surface area contributed by atoms with Gasteiger partial charge in [0.05, 0.1) is 6.61 Å². The standard InChI is InChI=1S/C15H25N3O2/c1-4-20-14-7-5-13(6-8-14)16-10-9-15(19)17-11-12-18(2)3/h5-8,16H,4,9-12H2,1-3H3,(H,17,19). The molecule has 1 rings (SSSR count). The van der Waals surface area contributed by atoms with Crippen LogP contribution in [0.5, 0.6) is 5.75 Å². The first kappa shape index (κ1) is 16.3. The van der Waals surface area contributed by atoms with Crippen LogP contribution >= 0.6 is 0 Å². The van der Waals surface area contributed by atoms with E-state index in [-0.39, 0.29) is 5.91 Å². The number of hydrogen-bond acceptors (Lipinski definition) is 4. The molecule has 0 aromatic heterocycles. The van der Waals surface area contributed by atoms with Gasteiger partial charge in [0, 0.05) is 31.7 Å². The third-order valence-corrected chi connectivity index (χ3v) is 2.73. The number of rotatable bonds is 9. The topological polar surface area (TPSA) is 53.6 Å². The molecule has 1 aromatic rings. The molecule has 20 heavy (non-hydrogen) atoms. The Bertz CT molecular complexity index is 391. The minimum atomic E-state index is 0.0743. The van der Waals surface area contributed by atoms with Gasteiger partial charge < -0.3 is 20.3 Å². The summed E-state index contributed by atoms with van der Waals surface area (Å²) in [5.41, 5.74) is 0.995. The highest BCUT2D eigenvalue weighted by Gasteiger charge is 2.01. The van der Waals surface area contributed by atoms with Gasteiger partial charge in [-0.15, -0.1) is 0 Å². The summed E-state index contributed by atoms with van der Waals surface area (Å²) in [7, 11) is 3.97. The van der Waals surface area contributed by atoms with Crippen LogP contribution in [0.2, 0.25) is 0 Å². The molecule has 0 aliphatic heterocycles.